The molecule has 462 valence electrons. The van der Waals surface area contributed by atoms with Gasteiger partial charge in [0, 0.05) is 40.9 Å². The van der Waals surface area contributed by atoms with Gasteiger partial charge in [0.2, 0.25) is 8.32 Å². The van der Waals surface area contributed by atoms with Crippen LogP contribution in [0.4, 0.5) is 0 Å². The summed E-state index contributed by atoms with van der Waals surface area (Å²) in [6, 6.07) is 52.3. The van der Waals surface area contributed by atoms with Crippen molar-refractivity contribution < 1.29 is 42.3 Å². The Balaban J connectivity index is 0.882. The SMILES string of the molecule is CC(C)[Si](O[C@@H]1C[C@@H]2O[C@@H]3C[C@@H]4O[C@@H]5[C@@H](C)[C@H](C)[C@@]6(CCCO6)O[C@H]5[C@@H](OCc5ccc6ccccc6c5)[C@H](C)[C@H]4O[C@H]3C[C@@H](C)C[C@H]2O[C@@]1(C)[C@@H](CC(Sc1ccccc1)Sc1ccccc1)OCc1ccc2ccccc2c1)(C(C)C)C(C)C. The Hall–Kier alpha value is -3.60. The second-order valence-corrected chi connectivity index (χ2v) is 35.9. The maximum atomic E-state index is 8.24. The van der Waals surface area contributed by atoms with Gasteiger partial charge in [-0.2, -0.15) is 0 Å². The minimum Gasteiger partial charge on any atom is -0.410 e. The summed E-state index contributed by atoms with van der Waals surface area (Å²) in [7, 11) is -2.56. The summed E-state index contributed by atoms with van der Waals surface area (Å²) >= 11 is 3.83. The monoisotopic (exact) mass is 1220 g/mol. The fourth-order valence-corrected chi connectivity index (χ4v) is 24.7. The first-order valence-electron chi connectivity index (χ1n) is 32.8. The summed E-state index contributed by atoms with van der Waals surface area (Å²) in [6.45, 7) is 27.7. The molecule has 9 nitrogen and oxygen atoms in total. The third-order valence-electron chi connectivity index (χ3n) is 21.1. The molecule has 0 unspecified atom stereocenters. The van der Waals surface area contributed by atoms with Crippen molar-refractivity contribution in [2.45, 2.75) is 244 Å². The van der Waals surface area contributed by atoms with Crippen molar-refractivity contribution in [3.8, 4) is 0 Å². The first-order chi connectivity index (χ1) is 41.5. The summed E-state index contributed by atoms with van der Waals surface area (Å²) < 4.78 is 68.3. The molecule has 0 bridgehead atoms. The summed E-state index contributed by atoms with van der Waals surface area (Å²) in [5.74, 6) is -0.165. The van der Waals surface area contributed by atoms with Crippen molar-refractivity contribution in [1.82, 2.24) is 0 Å². The first kappa shape index (κ1) is 62.6. The van der Waals surface area contributed by atoms with E-state index in [-0.39, 0.29) is 95.4 Å². The molecule has 12 heteroatoms. The average Bonchev–Trinajstić information content (AvgIpc) is 1.55. The Bertz CT molecular complexity index is 3110. The van der Waals surface area contributed by atoms with Gasteiger partial charge in [0.15, 0.2) is 5.79 Å². The highest BCUT2D eigenvalue weighted by Crippen LogP contribution is 2.54. The molecule has 1 spiro atoms. The van der Waals surface area contributed by atoms with E-state index < -0.39 is 19.7 Å². The highest BCUT2D eigenvalue weighted by atomic mass is 32.2. The van der Waals surface area contributed by atoms with Crippen LogP contribution in [0.25, 0.3) is 21.5 Å². The van der Waals surface area contributed by atoms with Gasteiger partial charge in [0.05, 0.1) is 85.4 Å². The van der Waals surface area contributed by atoms with E-state index in [9.17, 15) is 0 Å². The zero-order valence-corrected chi connectivity index (χ0v) is 55.5. The molecule has 0 aliphatic carbocycles. The molecule has 6 saturated heterocycles. The van der Waals surface area contributed by atoms with Crippen LogP contribution >= 0.6 is 23.5 Å². The maximum Gasteiger partial charge on any atom is 0.200 e. The van der Waals surface area contributed by atoms with Crippen molar-refractivity contribution in [1.29, 1.82) is 0 Å². The van der Waals surface area contributed by atoms with Crippen molar-refractivity contribution in [2.75, 3.05) is 6.61 Å². The molecule has 0 aromatic heterocycles. The molecule has 12 rings (SSSR count). The summed E-state index contributed by atoms with van der Waals surface area (Å²) in [5, 5.41) is 4.87. The van der Waals surface area contributed by atoms with E-state index in [1.807, 2.05) is 23.5 Å². The molecule has 6 aliphatic heterocycles. The molecule has 0 saturated carbocycles. The van der Waals surface area contributed by atoms with Crippen LogP contribution < -0.4 is 0 Å². The fraction of sp³-hybridized carbons (Fsp3) is 0.568. The van der Waals surface area contributed by atoms with Crippen molar-refractivity contribution in [3.63, 3.8) is 0 Å². The van der Waals surface area contributed by atoms with Gasteiger partial charge >= 0.3 is 0 Å². The van der Waals surface area contributed by atoms with Crippen LogP contribution in [0.15, 0.2) is 155 Å². The molecule has 6 fully saturated rings. The maximum absolute atomic E-state index is 8.24. The van der Waals surface area contributed by atoms with E-state index in [1.165, 1.54) is 31.3 Å². The molecule has 6 aromatic carbocycles. The normalized spacial score (nSPS) is 33.5. The van der Waals surface area contributed by atoms with Gasteiger partial charge in [0.1, 0.15) is 11.7 Å². The van der Waals surface area contributed by atoms with Gasteiger partial charge in [0.25, 0.3) is 0 Å². The Kier molecular flexibility index (Phi) is 19.4. The van der Waals surface area contributed by atoms with Crippen LogP contribution in [0.3, 0.4) is 0 Å². The Morgan fingerprint density at radius 3 is 1.69 bits per heavy atom. The van der Waals surface area contributed by atoms with Crippen LogP contribution in [0.1, 0.15) is 132 Å². The molecule has 6 aliphatic rings. The van der Waals surface area contributed by atoms with Crippen LogP contribution in [-0.4, -0.2) is 98.0 Å². The fourth-order valence-electron chi connectivity index (χ4n) is 16.5. The topological polar surface area (TPSA) is 83.1 Å². The van der Waals surface area contributed by atoms with Crippen LogP contribution in [0.2, 0.25) is 16.6 Å². The summed E-state index contributed by atoms with van der Waals surface area (Å²) in [6.07, 6.45) is 2.77. The lowest BCUT2D eigenvalue weighted by Gasteiger charge is -2.57. The number of rotatable bonds is 18. The predicted octanol–water partition coefficient (Wildman–Crippen LogP) is 17.8. The standard InChI is InChI=1S/C74H96O9S2Si/c1-46(2)86(47(3)4,48(5)6)83-67-42-63-64(81-73(67,11)66(75-44-53-31-33-55-23-18-20-25-57(55)39-53)43-68(84-59-27-14-12-15-28-59)85-60-29-16-13-17-30-60)38-49(7)37-61-62(78-63)41-65-69(79-61)51(9)70(76-45-54-32-34-56-24-19-21-26-58(56)40-54)72-71(80-65)50(8)52(10)74(82-72)35-22-36-77-74/h12-21,23-34,39-40,46-52,61-72H,22,35-38,41-45H2,1-11H3/t49-,50+,51-,52+,61+,62-,63+,64-,65+,66-,67-,69-,70+,71-,72+,73+,74-/m1/s1. The van der Waals surface area contributed by atoms with Gasteiger partial charge in [-0.25, -0.2) is 0 Å². The second kappa shape index (κ2) is 26.7. The third-order valence-corrected chi connectivity index (χ3v) is 29.8. The lowest BCUT2D eigenvalue weighted by atomic mass is 9.76. The predicted molar refractivity (Wildman–Crippen MR) is 351 cm³/mol. The molecule has 86 heavy (non-hydrogen) atoms. The Morgan fingerprint density at radius 1 is 0.547 bits per heavy atom. The highest BCUT2D eigenvalue weighted by molar-refractivity contribution is 8.17. The van der Waals surface area contributed by atoms with Gasteiger partial charge < -0.3 is 42.3 Å². The van der Waals surface area contributed by atoms with E-state index in [1.54, 1.807) is 0 Å². The van der Waals surface area contributed by atoms with Crippen LogP contribution in [-0.2, 0) is 55.5 Å². The smallest absolute Gasteiger partial charge is 0.200 e. The molecule has 0 N–H and O–H groups in total. The minimum absolute atomic E-state index is 0.0443. The molecule has 0 amide bonds. The van der Waals surface area contributed by atoms with Crippen LogP contribution in [0, 0.1) is 23.7 Å². The average molecular weight is 1220 g/mol. The lowest BCUT2D eigenvalue weighted by molar-refractivity contribution is -0.342. The van der Waals surface area contributed by atoms with Crippen molar-refractivity contribution >= 4 is 53.4 Å². The van der Waals surface area contributed by atoms with E-state index in [2.05, 4.69) is 222 Å². The largest absolute Gasteiger partial charge is 0.410 e. The Morgan fingerprint density at radius 2 is 1.09 bits per heavy atom. The second-order valence-electron chi connectivity index (χ2n) is 27.6. The van der Waals surface area contributed by atoms with E-state index in [0.29, 0.717) is 49.3 Å². The van der Waals surface area contributed by atoms with Crippen molar-refractivity contribution in [3.05, 3.63) is 157 Å². The third kappa shape index (κ3) is 12.9. The molecule has 17 atom stereocenters. The molecular weight excluding hydrogens is 1130 g/mol. The lowest BCUT2D eigenvalue weighted by Crippen LogP contribution is -2.67. The minimum atomic E-state index is -2.56. The van der Waals surface area contributed by atoms with Gasteiger partial charge in [-0.1, -0.05) is 178 Å². The molecule has 6 aromatic rings. The molecule has 0 radical (unpaired) electrons. The van der Waals surface area contributed by atoms with E-state index >= 15 is 0 Å². The van der Waals surface area contributed by atoms with E-state index in [0.717, 1.165) is 43.2 Å². The number of hydrogen-bond acceptors (Lipinski definition) is 11. The van der Waals surface area contributed by atoms with Gasteiger partial charge in [-0.15, -0.1) is 23.5 Å². The summed E-state index contributed by atoms with van der Waals surface area (Å²) in [4.78, 5) is 2.46. The number of fused-ring (bicyclic) bond motifs is 6. The van der Waals surface area contributed by atoms with E-state index in [4.69, 9.17) is 42.3 Å². The number of hydrogen-bond donors (Lipinski definition) is 0. The quantitative estimate of drug-likeness (QED) is 0.0469. The molecule has 6 heterocycles. The zero-order valence-electron chi connectivity index (χ0n) is 52.9. The number of benzene rings is 6. The molecular formula is C74H96O9S2Si. The van der Waals surface area contributed by atoms with Crippen molar-refractivity contribution in [2.24, 2.45) is 23.7 Å². The number of thioether (sulfide) groups is 2. The van der Waals surface area contributed by atoms with Gasteiger partial charge in [-0.05, 0) is 130 Å². The Labute approximate surface area is 523 Å². The van der Waals surface area contributed by atoms with Gasteiger partial charge in [-0.3, -0.25) is 0 Å². The number of ether oxygens (including phenoxy) is 8. The van der Waals surface area contributed by atoms with Crippen LogP contribution in [0.5, 0.6) is 0 Å². The highest BCUT2D eigenvalue weighted by Gasteiger charge is 2.62. The first-order valence-corrected chi connectivity index (χ1v) is 36.7. The summed E-state index contributed by atoms with van der Waals surface area (Å²) in [5.41, 5.74) is 2.48. The zero-order chi connectivity index (χ0) is 59.9.